The highest BCUT2D eigenvalue weighted by atomic mass is 35.5. The summed E-state index contributed by atoms with van der Waals surface area (Å²) in [5.74, 6) is -1.08. The summed E-state index contributed by atoms with van der Waals surface area (Å²) in [7, 11) is 2.85. The minimum absolute atomic E-state index is 0.126. The highest BCUT2D eigenvalue weighted by Crippen LogP contribution is 2.40. The molecule has 0 fully saturated rings. The molecule has 1 N–H and O–H groups in total. The molecule has 0 spiro atoms. The Morgan fingerprint density at radius 1 is 0.583 bits per heavy atom. The van der Waals surface area contributed by atoms with E-state index in [1.807, 2.05) is 95.8 Å². The fraction of sp³-hybridized carbons (Fsp3) is 0.148. The number of carbonyl (C=O) groups excluding carboxylic acids is 1. The van der Waals surface area contributed by atoms with Crippen molar-refractivity contribution in [3.63, 3.8) is 0 Å². The third-order valence-corrected chi connectivity index (χ3v) is 12.8. The van der Waals surface area contributed by atoms with Gasteiger partial charge in [-0.1, -0.05) is 47.5 Å². The average Bonchev–Trinajstić information content (AvgIpc) is 3.96. The van der Waals surface area contributed by atoms with E-state index < -0.39 is 17.6 Å². The predicted molar refractivity (Wildman–Crippen MR) is 274 cm³/mol. The van der Waals surface area contributed by atoms with Gasteiger partial charge >= 0.3 is 11.9 Å². The van der Waals surface area contributed by atoms with Crippen LogP contribution in [0.3, 0.4) is 0 Å². The molecule has 0 aliphatic rings. The van der Waals surface area contributed by atoms with E-state index in [0.29, 0.717) is 40.5 Å². The third kappa shape index (κ3) is 13.3. The summed E-state index contributed by atoms with van der Waals surface area (Å²) in [5.41, 5.74) is 8.41. The van der Waals surface area contributed by atoms with Crippen LogP contribution < -0.4 is 9.47 Å². The van der Waals surface area contributed by atoms with Crippen LogP contribution >= 0.6 is 47.3 Å². The molecule has 0 unspecified atom stereocenters. The normalized spacial score (nSPS) is 11.0. The summed E-state index contributed by atoms with van der Waals surface area (Å²) >= 11 is 14.5. The first-order valence-corrected chi connectivity index (χ1v) is 24.2. The topological polar surface area (TPSA) is 129 Å². The summed E-state index contributed by atoms with van der Waals surface area (Å²) in [5, 5.41) is 10.0. The van der Waals surface area contributed by atoms with Gasteiger partial charge in [-0.05, 0) is 142 Å². The van der Waals surface area contributed by atoms with Crippen molar-refractivity contribution in [1.82, 2.24) is 9.13 Å². The molecule has 2 heterocycles. The number of aromatic carboxylic acids is 1. The molecule has 0 saturated heterocycles. The summed E-state index contributed by atoms with van der Waals surface area (Å²) in [6, 6.07) is 41.3. The maximum atomic E-state index is 13.5. The third-order valence-electron chi connectivity index (χ3n) is 10.8. The first-order chi connectivity index (χ1) is 34.8. The van der Waals surface area contributed by atoms with E-state index in [4.69, 9.17) is 55.9 Å². The molecule has 6 aromatic carbocycles. The molecule has 372 valence electrons. The van der Waals surface area contributed by atoms with Crippen LogP contribution in [0.5, 0.6) is 11.5 Å². The first-order valence-electron chi connectivity index (χ1n) is 21.9. The van der Waals surface area contributed by atoms with Gasteiger partial charge in [0.05, 0.1) is 77.5 Å². The minimum atomic E-state index is -1.01. The van der Waals surface area contributed by atoms with Crippen LogP contribution in [-0.2, 0) is 36.4 Å². The molecule has 18 heteroatoms. The zero-order chi connectivity index (χ0) is 51.3. The molecule has 0 bridgehead atoms. The number of hydrogen-bond acceptors (Lipinski definition) is 11. The van der Waals surface area contributed by atoms with Crippen molar-refractivity contribution in [2.45, 2.75) is 43.8 Å². The lowest BCUT2D eigenvalue weighted by Gasteiger charge is -2.17. The molecule has 0 radical (unpaired) electrons. The zero-order valence-corrected chi connectivity index (χ0v) is 42.5. The van der Waals surface area contributed by atoms with E-state index in [-0.39, 0.29) is 34.8 Å². The maximum absolute atomic E-state index is 13.5. The Balaban J connectivity index is 0.000000212. The first kappa shape index (κ1) is 53.2. The van der Waals surface area contributed by atoms with Crippen molar-refractivity contribution in [3.8, 4) is 45.4 Å². The van der Waals surface area contributed by atoms with Gasteiger partial charge in [0.1, 0.15) is 36.3 Å². The Morgan fingerprint density at radius 3 is 1.47 bits per heavy atom. The largest absolute Gasteiger partial charge is 0.488 e. The lowest BCUT2D eigenvalue weighted by molar-refractivity contribution is -0.160. The van der Waals surface area contributed by atoms with Crippen molar-refractivity contribution < 1.29 is 56.1 Å². The van der Waals surface area contributed by atoms with Gasteiger partial charge in [-0.25, -0.2) is 28.1 Å². The van der Waals surface area contributed by atoms with Crippen molar-refractivity contribution in [1.29, 1.82) is 0 Å². The molecule has 0 aliphatic heterocycles. The van der Waals surface area contributed by atoms with Gasteiger partial charge < -0.3 is 28.5 Å². The Labute approximate surface area is 433 Å². The quantitative estimate of drug-likeness (QED) is 0.0358. The molecule has 2 aromatic heterocycles. The van der Waals surface area contributed by atoms with Crippen LogP contribution in [0.4, 0.5) is 8.78 Å². The van der Waals surface area contributed by atoms with Crippen LogP contribution in [-0.4, -0.2) is 47.0 Å². The fourth-order valence-corrected chi connectivity index (χ4v) is 8.77. The van der Waals surface area contributed by atoms with E-state index in [9.17, 15) is 23.5 Å². The lowest BCUT2D eigenvalue weighted by Crippen LogP contribution is -2.07. The number of ether oxygens (including phenoxy) is 3. The number of carboxylic acids is 1. The smallest absolute Gasteiger partial charge is 0.338 e. The van der Waals surface area contributed by atoms with Gasteiger partial charge in [0.25, 0.3) is 0 Å². The van der Waals surface area contributed by atoms with Gasteiger partial charge in [-0.15, -0.1) is 0 Å². The summed E-state index contributed by atoms with van der Waals surface area (Å²) < 4.78 is 58.5. The second-order valence-electron chi connectivity index (χ2n) is 15.5. The summed E-state index contributed by atoms with van der Waals surface area (Å²) in [4.78, 5) is 34.9. The number of esters is 1. The molecule has 0 aliphatic carbocycles. The zero-order valence-electron chi connectivity index (χ0n) is 39.3. The van der Waals surface area contributed by atoms with E-state index in [0.717, 1.165) is 73.5 Å². The van der Waals surface area contributed by atoms with Gasteiger partial charge in [0.2, 0.25) is 0 Å². The number of carbonyl (C=O) groups is 2. The number of benzene rings is 6. The van der Waals surface area contributed by atoms with Crippen molar-refractivity contribution in [2.24, 2.45) is 0 Å². The van der Waals surface area contributed by atoms with Crippen LogP contribution in [0.1, 0.15) is 50.2 Å². The SMILES string of the molecule is CCOC(=O)c1cccc(-n2c(C)ccc2-c2cc(SOOC)ccc2OCc2ccc(F)cc2Cl)c1.COOSc1ccc(OCc2ccc(F)cc2Cl)c(-c2ccc(C)n2-c2cccc(C(=O)O)c2)c1. The van der Waals surface area contributed by atoms with Gasteiger partial charge in [0, 0.05) is 54.8 Å². The molecule has 12 nitrogen and oxygen atoms in total. The number of carboxylic acid groups (broad SMARTS) is 1. The second-order valence-corrected chi connectivity index (χ2v) is 17.9. The minimum Gasteiger partial charge on any atom is -0.488 e. The second kappa shape index (κ2) is 25.2. The van der Waals surface area contributed by atoms with Crippen molar-refractivity contribution in [2.75, 3.05) is 20.8 Å². The molecular formula is C54H46Cl2F2N2O10S2. The molecule has 0 saturated carbocycles. The fourth-order valence-electron chi connectivity index (χ4n) is 7.46. The number of rotatable bonds is 19. The molecule has 0 atom stereocenters. The number of nitrogens with zero attached hydrogens (tertiary/aromatic N) is 2. The molecule has 8 rings (SSSR count). The van der Waals surface area contributed by atoms with E-state index in [1.165, 1.54) is 38.5 Å². The molecule has 0 amide bonds. The molecule has 72 heavy (non-hydrogen) atoms. The Kier molecular flexibility index (Phi) is 18.6. The van der Waals surface area contributed by atoms with Crippen LogP contribution in [0.2, 0.25) is 10.0 Å². The average molecular weight is 1060 g/mol. The van der Waals surface area contributed by atoms with Gasteiger partial charge in [-0.2, -0.15) is 8.67 Å². The number of aromatic nitrogens is 2. The molecular weight excluding hydrogens is 1010 g/mol. The summed E-state index contributed by atoms with van der Waals surface area (Å²) in [6.45, 7) is 6.25. The monoisotopic (exact) mass is 1050 g/mol. The summed E-state index contributed by atoms with van der Waals surface area (Å²) in [6.07, 6.45) is 0. The van der Waals surface area contributed by atoms with Gasteiger partial charge in [0.15, 0.2) is 0 Å². The predicted octanol–water partition coefficient (Wildman–Crippen LogP) is 14.7. The molecule has 8 aromatic rings. The van der Waals surface area contributed by atoms with E-state index >= 15 is 0 Å². The van der Waals surface area contributed by atoms with Crippen LogP contribution in [0.15, 0.2) is 155 Å². The Morgan fingerprint density at radius 2 is 1.04 bits per heavy atom. The Hall–Kier alpha value is -6.60. The highest BCUT2D eigenvalue weighted by molar-refractivity contribution is 7.94. The van der Waals surface area contributed by atoms with Crippen molar-refractivity contribution >= 4 is 59.2 Å². The number of hydrogen-bond donors (Lipinski definition) is 1. The highest BCUT2D eigenvalue weighted by Gasteiger charge is 2.20. The van der Waals surface area contributed by atoms with Crippen LogP contribution in [0.25, 0.3) is 33.9 Å². The Bertz CT molecular complexity index is 3200. The standard InChI is InChI=1S/C28H25ClFNO5S.C26H21ClFNO5S/c1-4-34-28(32)19-6-5-7-22(14-19)31-18(2)8-12-26(31)24-16-23(37-36-33-3)11-13-27(24)35-17-20-9-10-21(30)15-25(20)29;1-16-6-10-24(29(16)20-5-3-4-17(12-20)26(30)31)22-14-21(35-34-32-2)9-11-25(22)33-15-18-7-8-19(28)13-23(18)27/h5-16H,4,17H2,1-3H3;3-14H,15H2,1-2H3,(H,30,31). The number of aryl methyl sites for hydroxylation is 2. The maximum Gasteiger partial charge on any atom is 0.338 e. The van der Waals surface area contributed by atoms with Crippen molar-refractivity contribution in [3.05, 3.63) is 201 Å². The van der Waals surface area contributed by atoms with Crippen LogP contribution in [0, 0.1) is 25.5 Å². The van der Waals surface area contributed by atoms with E-state index in [2.05, 4.69) is 0 Å². The lowest BCUT2D eigenvalue weighted by atomic mass is 10.1. The van der Waals surface area contributed by atoms with Gasteiger partial charge in [-0.3, -0.25) is 0 Å². The van der Waals surface area contributed by atoms with E-state index in [1.54, 1.807) is 55.5 Å². The number of halogens is 4.